The molecule has 0 atom stereocenters. The number of carbonyl (C=O) groups is 2. The van der Waals surface area contributed by atoms with Crippen molar-refractivity contribution in [3.8, 4) is 11.5 Å². The summed E-state index contributed by atoms with van der Waals surface area (Å²) in [5.74, 6) is 0.0176. The Hall–Kier alpha value is -2.81. The van der Waals surface area contributed by atoms with Gasteiger partial charge in [0.1, 0.15) is 5.60 Å². The predicted octanol–water partition coefficient (Wildman–Crippen LogP) is 3.45. The number of nitrogens with one attached hydrogen (secondary N) is 1. The van der Waals surface area contributed by atoms with Gasteiger partial charge in [-0.2, -0.15) is 0 Å². The van der Waals surface area contributed by atoms with Crippen LogP contribution in [0.4, 0.5) is 9.93 Å². The summed E-state index contributed by atoms with van der Waals surface area (Å²) in [6, 6.07) is 3.20. The van der Waals surface area contributed by atoms with E-state index < -0.39 is 11.7 Å². The van der Waals surface area contributed by atoms with Crippen LogP contribution in [0.15, 0.2) is 23.7 Å². The predicted molar refractivity (Wildman–Crippen MR) is 112 cm³/mol. The van der Waals surface area contributed by atoms with Crippen LogP contribution >= 0.6 is 11.3 Å². The highest BCUT2D eigenvalue weighted by Crippen LogP contribution is 2.30. The number of phenols is 1. The van der Waals surface area contributed by atoms with Crippen molar-refractivity contribution in [3.63, 3.8) is 0 Å². The lowest BCUT2D eigenvalue weighted by Gasteiger charge is -2.25. The van der Waals surface area contributed by atoms with Gasteiger partial charge in [-0.05, 0) is 50.5 Å². The molecule has 0 radical (unpaired) electrons. The maximum Gasteiger partial charge on any atom is 0.410 e. The van der Waals surface area contributed by atoms with Gasteiger partial charge in [0.25, 0.3) is 0 Å². The van der Waals surface area contributed by atoms with Crippen LogP contribution in [-0.2, 0) is 22.4 Å². The van der Waals surface area contributed by atoms with Crippen LogP contribution in [0.2, 0.25) is 0 Å². The molecule has 2 rings (SSSR count). The van der Waals surface area contributed by atoms with E-state index in [1.165, 1.54) is 29.4 Å². The third-order valence-electron chi connectivity index (χ3n) is 3.95. The van der Waals surface area contributed by atoms with Crippen molar-refractivity contribution in [1.82, 2.24) is 9.88 Å². The number of amides is 2. The molecule has 158 valence electrons. The number of phenolic OH excluding ortho intramolecular Hbond substituents is 1. The van der Waals surface area contributed by atoms with Gasteiger partial charge in [-0.15, -0.1) is 11.3 Å². The summed E-state index contributed by atoms with van der Waals surface area (Å²) in [6.45, 7) is 5.80. The van der Waals surface area contributed by atoms with Crippen LogP contribution in [0.25, 0.3) is 0 Å². The van der Waals surface area contributed by atoms with Crippen LogP contribution < -0.4 is 10.1 Å². The Kier molecular flexibility index (Phi) is 7.44. The fraction of sp³-hybridized carbons (Fsp3) is 0.450. The molecule has 1 aromatic carbocycles. The van der Waals surface area contributed by atoms with Crippen LogP contribution in [0.3, 0.4) is 0 Å². The molecule has 0 aliphatic heterocycles. The van der Waals surface area contributed by atoms with E-state index in [9.17, 15) is 14.7 Å². The molecule has 0 fully saturated rings. The number of likely N-dealkylation sites (N-methyl/N-ethyl adjacent to an activating group) is 1. The first-order valence-corrected chi connectivity index (χ1v) is 9.99. The molecule has 2 amide bonds. The second-order valence-corrected chi connectivity index (χ2v) is 8.40. The maximum absolute atomic E-state index is 12.4. The smallest absolute Gasteiger partial charge is 0.410 e. The van der Waals surface area contributed by atoms with Gasteiger partial charge in [0.15, 0.2) is 16.6 Å². The van der Waals surface area contributed by atoms with Crippen molar-refractivity contribution in [2.24, 2.45) is 0 Å². The lowest BCUT2D eigenvalue weighted by molar-refractivity contribution is -0.115. The van der Waals surface area contributed by atoms with Crippen molar-refractivity contribution in [3.05, 3.63) is 34.8 Å². The first-order valence-electron chi connectivity index (χ1n) is 9.11. The van der Waals surface area contributed by atoms with E-state index in [0.717, 1.165) is 5.56 Å². The van der Waals surface area contributed by atoms with Gasteiger partial charge >= 0.3 is 6.09 Å². The Morgan fingerprint density at radius 1 is 1.28 bits per heavy atom. The first kappa shape index (κ1) is 22.5. The van der Waals surface area contributed by atoms with Gasteiger partial charge in [-0.25, -0.2) is 9.78 Å². The second kappa shape index (κ2) is 9.60. The highest BCUT2D eigenvalue weighted by Gasteiger charge is 2.20. The number of carbonyl (C=O) groups excluding carboxylic acids is 2. The molecule has 0 aliphatic rings. The van der Waals surface area contributed by atoms with Gasteiger partial charge in [0.05, 0.1) is 13.5 Å². The number of aromatic nitrogens is 1. The maximum atomic E-state index is 12.4. The van der Waals surface area contributed by atoms with Crippen molar-refractivity contribution in [1.29, 1.82) is 0 Å². The number of anilines is 1. The minimum Gasteiger partial charge on any atom is -0.504 e. The molecule has 2 aromatic rings. The summed E-state index contributed by atoms with van der Waals surface area (Å²) in [5.41, 5.74) is 0.867. The summed E-state index contributed by atoms with van der Waals surface area (Å²) >= 11 is 1.33. The van der Waals surface area contributed by atoms with E-state index in [1.807, 2.05) is 20.8 Å². The highest BCUT2D eigenvalue weighted by atomic mass is 32.1. The van der Waals surface area contributed by atoms with Crippen molar-refractivity contribution in [2.75, 3.05) is 26.0 Å². The van der Waals surface area contributed by atoms with E-state index >= 15 is 0 Å². The van der Waals surface area contributed by atoms with E-state index in [-0.39, 0.29) is 18.1 Å². The van der Waals surface area contributed by atoms with Gasteiger partial charge in [0, 0.05) is 25.2 Å². The summed E-state index contributed by atoms with van der Waals surface area (Å²) in [6.07, 6.45) is 1.71. The molecule has 0 unspecified atom stereocenters. The Labute approximate surface area is 174 Å². The molecule has 0 saturated carbocycles. The van der Waals surface area contributed by atoms with Gasteiger partial charge in [-0.3, -0.25) is 4.79 Å². The van der Waals surface area contributed by atoms with Crippen LogP contribution in [0.5, 0.6) is 11.5 Å². The second-order valence-electron chi connectivity index (χ2n) is 7.51. The molecule has 9 heteroatoms. The lowest BCUT2D eigenvalue weighted by Crippen LogP contribution is -2.35. The summed E-state index contributed by atoms with van der Waals surface area (Å²) in [4.78, 5) is 30.0. The number of thiazole rings is 1. The van der Waals surface area contributed by atoms with Crippen LogP contribution in [0.1, 0.15) is 31.9 Å². The number of aromatic hydroxyl groups is 1. The Balaban J connectivity index is 2.12. The van der Waals surface area contributed by atoms with E-state index in [4.69, 9.17) is 9.47 Å². The van der Waals surface area contributed by atoms with Crippen LogP contribution in [0, 0.1) is 0 Å². The van der Waals surface area contributed by atoms with Crippen molar-refractivity contribution >= 4 is 28.5 Å². The number of hydrogen-bond acceptors (Lipinski definition) is 7. The van der Waals surface area contributed by atoms with E-state index in [2.05, 4.69) is 10.3 Å². The molecule has 1 heterocycles. The monoisotopic (exact) mass is 421 g/mol. The van der Waals surface area contributed by atoms with Gasteiger partial charge < -0.3 is 24.8 Å². The number of methoxy groups -OCH3 is 1. The first-order chi connectivity index (χ1) is 13.6. The van der Waals surface area contributed by atoms with E-state index in [1.54, 1.807) is 24.7 Å². The van der Waals surface area contributed by atoms with Crippen molar-refractivity contribution < 1.29 is 24.2 Å². The summed E-state index contributed by atoms with van der Waals surface area (Å²) in [5, 5.41) is 15.1. The average molecular weight is 422 g/mol. The Morgan fingerprint density at radius 2 is 2.00 bits per heavy atom. The molecule has 1 aromatic heterocycles. The molecule has 8 nitrogen and oxygen atoms in total. The minimum absolute atomic E-state index is 0.0474. The zero-order valence-corrected chi connectivity index (χ0v) is 18.1. The normalized spacial score (nSPS) is 11.1. The SMILES string of the molecule is COc1cc(CCN(C)C(=O)OC(C)(C)C)c(CC(=O)Nc2nccs2)cc1O. The molecule has 2 N–H and O–H groups in total. The lowest BCUT2D eigenvalue weighted by atomic mass is 10.00. The number of ether oxygens (including phenoxy) is 2. The Bertz CT molecular complexity index is 847. The molecule has 29 heavy (non-hydrogen) atoms. The van der Waals surface area contributed by atoms with E-state index in [0.29, 0.717) is 29.4 Å². The molecule has 0 bridgehead atoms. The quantitative estimate of drug-likeness (QED) is 0.710. The highest BCUT2D eigenvalue weighted by molar-refractivity contribution is 7.13. The van der Waals surface area contributed by atoms with Crippen molar-refractivity contribution in [2.45, 2.75) is 39.2 Å². The number of rotatable bonds is 7. The van der Waals surface area contributed by atoms with Gasteiger partial charge in [-0.1, -0.05) is 0 Å². The topological polar surface area (TPSA) is 101 Å². The fourth-order valence-corrected chi connectivity index (χ4v) is 3.10. The summed E-state index contributed by atoms with van der Waals surface area (Å²) in [7, 11) is 3.11. The standard InChI is InChI=1S/C20H27N3O5S/c1-20(2,3)28-19(26)23(4)8-6-13-11-16(27-5)15(24)10-14(13)12-17(25)22-18-21-7-9-29-18/h7,9-11,24H,6,8,12H2,1-5H3,(H,21,22,25). The minimum atomic E-state index is -0.577. The Morgan fingerprint density at radius 3 is 2.59 bits per heavy atom. The number of hydrogen-bond donors (Lipinski definition) is 2. The molecular formula is C20H27N3O5S. The molecule has 0 aliphatic carbocycles. The third-order valence-corrected chi connectivity index (χ3v) is 4.64. The molecule has 0 spiro atoms. The molecular weight excluding hydrogens is 394 g/mol. The molecule has 0 saturated heterocycles. The third kappa shape index (κ3) is 6.94. The number of nitrogens with zero attached hydrogens (tertiary/aromatic N) is 2. The fourth-order valence-electron chi connectivity index (χ4n) is 2.56. The zero-order valence-electron chi connectivity index (χ0n) is 17.3. The summed E-state index contributed by atoms with van der Waals surface area (Å²) < 4.78 is 10.5. The largest absolute Gasteiger partial charge is 0.504 e. The number of benzene rings is 1. The van der Waals surface area contributed by atoms with Gasteiger partial charge in [0.2, 0.25) is 5.91 Å². The average Bonchev–Trinajstić information content (AvgIpc) is 3.12. The van der Waals surface area contributed by atoms with Crippen LogP contribution in [-0.4, -0.2) is 53.3 Å². The zero-order chi connectivity index (χ0) is 21.6.